The van der Waals surface area contributed by atoms with Crippen molar-refractivity contribution in [2.75, 3.05) is 6.26 Å². The van der Waals surface area contributed by atoms with Crippen molar-refractivity contribution >= 4 is 49.8 Å². The largest absolute Gasteiger partial charge is 0.290 e. The molecule has 0 fully saturated rings. The maximum Gasteiger partial charge on any atom is 0.257 e. The number of ketones is 1. The average Bonchev–Trinajstić information content (AvgIpc) is 2.14. The van der Waals surface area contributed by atoms with Gasteiger partial charge in [-0.25, -0.2) is 8.42 Å². The number of alkyl halides is 2. The van der Waals surface area contributed by atoms with Gasteiger partial charge in [0.05, 0.1) is 0 Å². The highest BCUT2D eigenvalue weighted by Crippen LogP contribution is 2.34. The van der Waals surface area contributed by atoms with Crippen molar-refractivity contribution in [1.82, 2.24) is 0 Å². The predicted molar refractivity (Wildman–Crippen MR) is 73.0 cm³/mol. The lowest BCUT2D eigenvalue weighted by Gasteiger charge is -2.16. The minimum Gasteiger partial charge on any atom is -0.290 e. The van der Waals surface area contributed by atoms with E-state index in [4.69, 9.17) is 11.6 Å². The first-order valence-corrected chi connectivity index (χ1v) is 7.70. The van der Waals surface area contributed by atoms with E-state index in [-0.39, 0.29) is 0 Å². The Morgan fingerprint density at radius 3 is 2.44 bits per heavy atom. The van der Waals surface area contributed by atoms with Gasteiger partial charge in [-0.3, -0.25) is 4.79 Å². The lowest BCUT2D eigenvalue weighted by atomic mass is 10.1. The standard InChI is InChI=1S/C10H10ClIO3S/c1-7-4-3-5-8(6-7)9(13)10(11,12)16(2,14)15/h3-6H,1-2H3. The quantitative estimate of drug-likeness (QED) is 0.465. The van der Waals surface area contributed by atoms with Crippen LogP contribution in [0.4, 0.5) is 0 Å². The summed E-state index contributed by atoms with van der Waals surface area (Å²) < 4.78 is 20.9. The van der Waals surface area contributed by atoms with Gasteiger partial charge in [-0.1, -0.05) is 35.4 Å². The molecule has 0 N–H and O–H groups in total. The van der Waals surface area contributed by atoms with E-state index in [9.17, 15) is 13.2 Å². The molecule has 0 bridgehead atoms. The van der Waals surface area contributed by atoms with Gasteiger partial charge in [-0.05, 0) is 35.6 Å². The third kappa shape index (κ3) is 2.75. The molecular weight excluding hydrogens is 363 g/mol. The van der Waals surface area contributed by atoms with E-state index in [2.05, 4.69) is 0 Å². The third-order valence-electron chi connectivity index (χ3n) is 2.01. The van der Waals surface area contributed by atoms with Crippen LogP contribution in [0.2, 0.25) is 0 Å². The van der Waals surface area contributed by atoms with Crippen LogP contribution in [0, 0.1) is 6.92 Å². The molecule has 0 aliphatic carbocycles. The van der Waals surface area contributed by atoms with Crippen LogP contribution in [0.1, 0.15) is 15.9 Å². The Hall–Kier alpha value is -0.140. The molecule has 1 aromatic rings. The predicted octanol–water partition coefficient (Wildman–Crippen LogP) is 2.55. The number of carbonyl (C=O) groups excluding carboxylic acids is 1. The summed E-state index contributed by atoms with van der Waals surface area (Å²) >= 11 is 7.25. The van der Waals surface area contributed by atoms with Gasteiger partial charge in [-0.15, -0.1) is 0 Å². The summed E-state index contributed by atoms with van der Waals surface area (Å²) in [5, 5.41) is 0. The Kier molecular flexibility index (Phi) is 4.02. The van der Waals surface area contributed by atoms with Crippen molar-refractivity contribution in [3.63, 3.8) is 0 Å². The SMILES string of the molecule is Cc1cccc(C(=O)C(Cl)(I)S(C)(=O)=O)c1. The molecule has 6 heteroatoms. The van der Waals surface area contributed by atoms with Gasteiger partial charge in [0.2, 0.25) is 5.78 Å². The fourth-order valence-electron chi connectivity index (χ4n) is 1.12. The molecule has 0 amide bonds. The highest BCUT2D eigenvalue weighted by molar-refractivity contribution is 14.1. The molecular formula is C10H10ClIO3S. The Morgan fingerprint density at radius 2 is 2.00 bits per heavy atom. The molecule has 1 unspecified atom stereocenters. The van der Waals surface area contributed by atoms with E-state index in [1.165, 1.54) is 22.6 Å². The van der Waals surface area contributed by atoms with Crippen molar-refractivity contribution in [2.24, 2.45) is 0 Å². The van der Waals surface area contributed by atoms with Gasteiger partial charge in [0.15, 0.2) is 9.84 Å². The lowest BCUT2D eigenvalue weighted by molar-refractivity contribution is 0.100. The van der Waals surface area contributed by atoms with Crippen molar-refractivity contribution < 1.29 is 13.2 Å². The second-order valence-electron chi connectivity index (χ2n) is 3.49. The van der Waals surface area contributed by atoms with Crippen LogP contribution in [0.3, 0.4) is 0 Å². The number of halogens is 2. The van der Waals surface area contributed by atoms with Crippen LogP contribution in [-0.4, -0.2) is 22.7 Å². The summed E-state index contributed by atoms with van der Waals surface area (Å²) in [4.78, 5) is 11.9. The summed E-state index contributed by atoms with van der Waals surface area (Å²) in [5.41, 5.74) is 1.18. The van der Waals surface area contributed by atoms with E-state index < -0.39 is 17.8 Å². The van der Waals surface area contributed by atoms with Gasteiger partial charge in [0.1, 0.15) is 0 Å². The number of Topliss-reactive ketones (excluding diaryl/α,β-unsaturated/α-hetero) is 1. The summed E-state index contributed by atoms with van der Waals surface area (Å²) in [5.74, 6) is -0.610. The van der Waals surface area contributed by atoms with Gasteiger partial charge in [0, 0.05) is 11.8 Å². The minimum atomic E-state index is -3.66. The monoisotopic (exact) mass is 372 g/mol. The molecule has 0 spiro atoms. The fourth-order valence-corrected chi connectivity index (χ4v) is 2.00. The molecule has 0 aliphatic rings. The summed E-state index contributed by atoms with van der Waals surface area (Å²) in [7, 11) is -3.66. The average molecular weight is 373 g/mol. The molecule has 88 valence electrons. The van der Waals surface area contributed by atoms with Crippen molar-refractivity contribution in [1.29, 1.82) is 0 Å². The molecule has 0 heterocycles. The summed E-state index contributed by atoms with van der Waals surface area (Å²) in [6, 6.07) is 6.67. The first-order valence-electron chi connectivity index (χ1n) is 4.35. The maximum absolute atomic E-state index is 11.9. The second-order valence-corrected chi connectivity index (χ2v) is 9.42. The number of aryl methyl sites for hydroxylation is 1. The van der Waals surface area contributed by atoms with Crippen LogP contribution in [0.25, 0.3) is 0 Å². The molecule has 0 aliphatic heterocycles. The number of hydrogen-bond donors (Lipinski definition) is 0. The Labute approximate surface area is 113 Å². The Morgan fingerprint density at radius 1 is 1.44 bits per heavy atom. The zero-order valence-corrected chi connectivity index (χ0v) is 12.4. The van der Waals surface area contributed by atoms with E-state index >= 15 is 0 Å². The number of sulfone groups is 1. The number of rotatable bonds is 3. The molecule has 1 atom stereocenters. The lowest BCUT2D eigenvalue weighted by Crippen LogP contribution is -2.34. The molecule has 1 rings (SSSR count). The van der Waals surface area contributed by atoms with Gasteiger partial charge in [-0.2, -0.15) is 0 Å². The number of carbonyl (C=O) groups is 1. The zero-order chi connectivity index (χ0) is 12.6. The third-order valence-corrected chi connectivity index (χ3v) is 7.03. The van der Waals surface area contributed by atoms with Crippen LogP contribution < -0.4 is 0 Å². The van der Waals surface area contributed by atoms with E-state index in [1.807, 2.05) is 13.0 Å². The highest BCUT2D eigenvalue weighted by atomic mass is 127. The Balaban J connectivity index is 3.23. The van der Waals surface area contributed by atoms with E-state index in [1.54, 1.807) is 18.2 Å². The highest BCUT2D eigenvalue weighted by Gasteiger charge is 2.44. The number of hydrogen-bond acceptors (Lipinski definition) is 3. The second kappa shape index (κ2) is 4.62. The number of benzene rings is 1. The first kappa shape index (κ1) is 13.9. The van der Waals surface area contributed by atoms with Gasteiger partial charge < -0.3 is 0 Å². The molecule has 0 saturated carbocycles. The van der Waals surface area contributed by atoms with Gasteiger partial charge >= 0.3 is 0 Å². The van der Waals surface area contributed by atoms with Crippen molar-refractivity contribution in [2.45, 2.75) is 9.14 Å². The molecule has 1 aromatic carbocycles. The maximum atomic E-state index is 11.9. The molecule has 16 heavy (non-hydrogen) atoms. The van der Waals surface area contributed by atoms with E-state index in [0.29, 0.717) is 5.56 Å². The van der Waals surface area contributed by atoms with Crippen LogP contribution in [0.5, 0.6) is 0 Å². The Bertz CT molecular complexity index is 523. The summed E-state index contributed by atoms with van der Waals surface area (Å²) in [6.07, 6.45) is 0.945. The molecule has 0 saturated heterocycles. The zero-order valence-electron chi connectivity index (χ0n) is 8.70. The normalized spacial score (nSPS) is 15.5. The molecule has 3 nitrogen and oxygen atoms in total. The van der Waals surface area contributed by atoms with Crippen LogP contribution >= 0.6 is 34.2 Å². The fraction of sp³-hybridized carbons (Fsp3) is 0.300. The summed E-state index contributed by atoms with van der Waals surface area (Å²) in [6.45, 7) is 1.82. The first-order chi connectivity index (χ1) is 7.16. The van der Waals surface area contributed by atoms with Gasteiger partial charge in [0.25, 0.3) is 2.21 Å². The topological polar surface area (TPSA) is 51.2 Å². The molecule has 0 radical (unpaired) electrons. The van der Waals surface area contributed by atoms with Crippen molar-refractivity contribution in [3.8, 4) is 0 Å². The van der Waals surface area contributed by atoms with Crippen molar-refractivity contribution in [3.05, 3.63) is 35.4 Å². The van der Waals surface area contributed by atoms with Crippen LogP contribution in [-0.2, 0) is 9.84 Å². The van der Waals surface area contributed by atoms with E-state index in [0.717, 1.165) is 11.8 Å². The minimum absolute atomic E-state index is 0.301. The molecule has 0 aromatic heterocycles. The van der Waals surface area contributed by atoms with Crippen LogP contribution in [0.15, 0.2) is 24.3 Å². The smallest absolute Gasteiger partial charge is 0.257 e.